The molecule has 8 heteroatoms. The monoisotopic (exact) mass is 351 g/mol. The summed E-state index contributed by atoms with van der Waals surface area (Å²) in [7, 11) is 0. The van der Waals surface area contributed by atoms with Gasteiger partial charge in [0.2, 0.25) is 0 Å². The zero-order valence-electron chi connectivity index (χ0n) is 13.5. The van der Waals surface area contributed by atoms with Crippen LogP contribution < -0.4 is 5.63 Å². The van der Waals surface area contributed by atoms with Gasteiger partial charge in [0.1, 0.15) is 17.0 Å². The lowest BCUT2D eigenvalue weighted by Crippen LogP contribution is -2.06. The summed E-state index contributed by atoms with van der Waals surface area (Å²) in [6.45, 7) is 0. The second-order valence-corrected chi connectivity index (χ2v) is 6.01. The first kappa shape index (κ1) is 15.9. The molecule has 0 unspecified atom stereocenters. The van der Waals surface area contributed by atoms with E-state index in [-0.39, 0.29) is 22.7 Å². The number of fused-ring (bicyclic) bond motifs is 3. The number of nitro benzene ring substituents is 1. The van der Waals surface area contributed by atoms with Crippen molar-refractivity contribution < 1.29 is 14.4 Å². The van der Waals surface area contributed by atoms with E-state index in [2.05, 4.69) is 10.2 Å². The van der Waals surface area contributed by atoms with Crippen molar-refractivity contribution >= 4 is 28.0 Å². The zero-order valence-corrected chi connectivity index (χ0v) is 13.5. The maximum atomic E-state index is 12.0. The van der Waals surface area contributed by atoms with Crippen molar-refractivity contribution in [3.63, 3.8) is 0 Å². The topological polar surface area (TPSA) is 118 Å². The lowest BCUT2D eigenvalue weighted by Gasteiger charge is -2.06. The molecular formula is C18H13N3O5. The van der Waals surface area contributed by atoms with E-state index in [1.165, 1.54) is 30.3 Å². The molecule has 0 atom stereocenters. The molecule has 0 saturated heterocycles. The Hall–Kier alpha value is -3.55. The first-order valence-corrected chi connectivity index (χ1v) is 8.01. The summed E-state index contributed by atoms with van der Waals surface area (Å²) in [5, 5.41) is 29.6. The third-order valence-corrected chi connectivity index (χ3v) is 4.40. The van der Waals surface area contributed by atoms with Gasteiger partial charge < -0.3 is 9.52 Å². The number of hydrogen-bond donors (Lipinski definition) is 1. The van der Waals surface area contributed by atoms with Crippen molar-refractivity contribution in [2.24, 2.45) is 10.2 Å². The van der Waals surface area contributed by atoms with E-state index in [0.29, 0.717) is 23.3 Å². The van der Waals surface area contributed by atoms with Crippen LogP contribution in [0.5, 0.6) is 5.75 Å². The van der Waals surface area contributed by atoms with Gasteiger partial charge in [0.25, 0.3) is 5.69 Å². The number of phenolic OH excluding ortho intramolecular Hbond substituents is 1. The summed E-state index contributed by atoms with van der Waals surface area (Å²) in [5.74, 6) is -0.163. The fourth-order valence-electron chi connectivity index (χ4n) is 3.14. The van der Waals surface area contributed by atoms with E-state index in [1.807, 2.05) is 0 Å². The number of phenols is 1. The van der Waals surface area contributed by atoms with Crippen molar-refractivity contribution in [3.05, 3.63) is 68.1 Å². The van der Waals surface area contributed by atoms with Gasteiger partial charge >= 0.3 is 5.63 Å². The van der Waals surface area contributed by atoms with Gasteiger partial charge in [-0.1, -0.05) is 0 Å². The number of hydrogen-bond acceptors (Lipinski definition) is 7. The third-order valence-electron chi connectivity index (χ3n) is 4.40. The van der Waals surface area contributed by atoms with Crippen LogP contribution in [0.2, 0.25) is 0 Å². The summed E-state index contributed by atoms with van der Waals surface area (Å²) in [4.78, 5) is 22.1. The van der Waals surface area contributed by atoms with Crippen molar-refractivity contribution in [2.75, 3.05) is 0 Å². The fraction of sp³-hybridized carbons (Fsp3) is 0.167. The van der Waals surface area contributed by atoms with E-state index in [1.54, 1.807) is 6.07 Å². The minimum atomic E-state index is -0.496. The number of nitrogens with zero attached hydrogens (tertiary/aromatic N) is 3. The minimum absolute atomic E-state index is 0.0388. The van der Waals surface area contributed by atoms with Gasteiger partial charge in [0, 0.05) is 29.1 Å². The number of aryl methyl sites for hydroxylation is 1. The molecule has 4 rings (SSSR count). The first-order chi connectivity index (χ1) is 12.5. The highest BCUT2D eigenvalue weighted by atomic mass is 16.6. The van der Waals surface area contributed by atoms with Crippen molar-refractivity contribution in [1.29, 1.82) is 0 Å². The molecule has 0 fully saturated rings. The van der Waals surface area contributed by atoms with Crippen LogP contribution in [0.15, 0.2) is 55.8 Å². The number of rotatable bonds is 3. The molecule has 0 bridgehead atoms. The van der Waals surface area contributed by atoms with E-state index in [9.17, 15) is 20.0 Å². The molecule has 26 heavy (non-hydrogen) atoms. The molecule has 0 radical (unpaired) electrons. The summed E-state index contributed by atoms with van der Waals surface area (Å²) >= 11 is 0. The van der Waals surface area contributed by atoms with Gasteiger partial charge in [-0.25, -0.2) is 4.79 Å². The van der Waals surface area contributed by atoms with E-state index < -0.39 is 4.92 Å². The molecule has 0 saturated carbocycles. The van der Waals surface area contributed by atoms with Gasteiger partial charge in [-0.05, 0) is 43.0 Å². The molecule has 8 nitrogen and oxygen atoms in total. The molecule has 0 spiro atoms. The molecule has 1 aliphatic rings. The quantitative estimate of drug-likeness (QED) is 0.326. The summed E-state index contributed by atoms with van der Waals surface area (Å²) in [6.07, 6.45) is 2.36. The van der Waals surface area contributed by atoms with Crippen LogP contribution in [-0.2, 0) is 12.8 Å². The Balaban J connectivity index is 1.74. The smallest absolute Gasteiger partial charge is 0.339 e. The maximum absolute atomic E-state index is 12.0. The molecule has 1 heterocycles. The lowest BCUT2D eigenvalue weighted by atomic mass is 10.1. The molecule has 1 aliphatic carbocycles. The standard InChI is InChI=1S/C18H13N3O5/c22-16-9-17-14(12-2-1-3-13(12)18(23)26-17)8-15(16)20-19-10-4-6-11(7-5-10)21(24)25/h4-9,22H,1-3H2. The second kappa shape index (κ2) is 6.07. The molecule has 2 aromatic carbocycles. The Bertz CT molecular complexity index is 1120. The number of benzene rings is 2. The number of azo groups is 1. The van der Waals surface area contributed by atoms with Gasteiger partial charge in [-0.15, -0.1) is 5.11 Å². The van der Waals surface area contributed by atoms with Crippen LogP contribution in [0.1, 0.15) is 17.5 Å². The van der Waals surface area contributed by atoms with Gasteiger partial charge in [-0.2, -0.15) is 5.11 Å². The third kappa shape index (κ3) is 2.71. The Kier molecular flexibility index (Phi) is 3.72. The highest BCUT2D eigenvalue weighted by Gasteiger charge is 2.20. The van der Waals surface area contributed by atoms with Crippen LogP contribution in [0.4, 0.5) is 17.1 Å². The van der Waals surface area contributed by atoms with Crippen molar-refractivity contribution in [2.45, 2.75) is 19.3 Å². The largest absolute Gasteiger partial charge is 0.505 e. The fourth-order valence-corrected chi connectivity index (χ4v) is 3.14. The van der Waals surface area contributed by atoms with Crippen LogP contribution in [0.25, 0.3) is 11.0 Å². The Labute approximate surface area is 146 Å². The van der Waals surface area contributed by atoms with Crippen LogP contribution in [0, 0.1) is 10.1 Å². The molecular weight excluding hydrogens is 338 g/mol. The molecule has 0 aliphatic heterocycles. The van der Waals surface area contributed by atoms with E-state index in [4.69, 9.17) is 4.42 Å². The number of aromatic hydroxyl groups is 1. The molecule has 3 aromatic rings. The van der Waals surface area contributed by atoms with Gasteiger partial charge in [0.05, 0.1) is 10.6 Å². The van der Waals surface area contributed by atoms with Crippen LogP contribution in [0.3, 0.4) is 0 Å². The Morgan fingerprint density at radius 3 is 2.54 bits per heavy atom. The van der Waals surface area contributed by atoms with Crippen LogP contribution >= 0.6 is 0 Å². The van der Waals surface area contributed by atoms with Gasteiger partial charge in [-0.3, -0.25) is 10.1 Å². The van der Waals surface area contributed by atoms with Crippen molar-refractivity contribution in [1.82, 2.24) is 0 Å². The number of non-ortho nitro benzene ring substituents is 1. The normalized spacial score (nSPS) is 13.4. The number of nitro groups is 1. The Morgan fingerprint density at radius 2 is 1.81 bits per heavy atom. The minimum Gasteiger partial charge on any atom is -0.505 e. The zero-order chi connectivity index (χ0) is 18.3. The Morgan fingerprint density at radius 1 is 1.08 bits per heavy atom. The predicted molar refractivity (Wildman–Crippen MR) is 93.4 cm³/mol. The van der Waals surface area contributed by atoms with Gasteiger partial charge in [0.15, 0.2) is 0 Å². The molecule has 0 amide bonds. The van der Waals surface area contributed by atoms with E-state index >= 15 is 0 Å². The molecule has 1 aromatic heterocycles. The SMILES string of the molecule is O=c1oc2cc(O)c(N=Nc3ccc([N+](=O)[O-])cc3)cc2c2c1CCC2. The van der Waals surface area contributed by atoms with E-state index in [0.717, 1.165) is 23.8 Å². The molecule has 1 N–H and O–H groups in total. The predicted octanol–water partition coefficient (Wildman–Crippen LogP) is 4.31. The average Bonchev–Trinajstić information content (AvgIpc) is 3.11. The summed E-state index contributed by atoms with van der Waals surface area (Å²) < 4.78 is 5.29. The maximum Gasteiger partial charge on any atom is 0.339 e. The highest BCUT2D eigenvalue weighted by molar-refractivity contribution is 5.87. The average molecular weight is 351 g/mol. The summed E-state index contributed by atoms with van der Waals surface area (Å²) in [5.41, 5.74) is 2.19. The second-order valence-electron chi connectivity index (χ2n) is 6.01. The first-order valence-electron chi connectivity index (χ1n) is 8.01. The lowest BCUT2D eigenvalue weighted by molar-refractivity contribution is -0.384. The summed E-state index contributed by atoms with van der Waals surface area (Å²) in [6, 6.07) is 8.60. The van der Waals surface area contributed by atoms with Crippen LogP contribution in [-0.4, -0.2) is 10.0 Å². The highest BCUT2D eigenvalue weighted by Crippen LogP contribution is 2.36. The molecule has 130 valence electrons. The van der Waals surface area contributed by atoms with Crippen molar-refractivity contribution in [3.8, 4) is 5.75 Å².